The van der Waals surface area contributed by atoms with Crippen molar-refractivity contribution in [1.82, 2.24) is 25.2 Å². The molecule has 1 atom stereocenters. The fourth-order valence-corrected chi connectivity index (χ4v) is 4.86. The Morgan fingerprint density at radius 3 is 2.60 bits per heavy atom. The van der Waals surface area contributed by atoms with Gasteiger partial charge in [0.2, 0.25) is 11.8 Å². The minimum absolute atomic E-state index is 0.0158. The van der Waals surface area contributed by atoms with Crippen molar-refractivity contribution in [3.63, 3.8) is 0 Å². The van der Waals surface area contributed by atoms with Crippen LogP contribution in [0, 0.1) is 6.92 Å². The maximum absolute atomic E-state index is 13.9. The van der Waals surface area contributed by atoms with E-state index in [4.69, 9.17) is 4.42 Å². The van der Waals surface area contributed by atoms with E-state index in [0.717, 1.165) is 47.8 Å². The zero-order valence-corrected chi connectivity index (χ0v) is 19.8. The molecule has 0 unspecified atom stereocenters. The highest BCUT2D eigenvalue weighted by atomic mass is 16.3. The Hall–Kier alpha value is -3.94. The quantitative estimate of drug-likeness (QED) is 0.417. The lowest BCUT2D eigenvalue weighted by atomic mass is 9.99. The molecule has 1 aliphatic carbocycles. The summed E-state index contributed by atoms with van der Waals surface area (Å²) in [5, 5.41) is 11.4. The van der Waals surface area contributed by atoms with E-state index in [1.807, 2.05) is 61.5 Å². The van der Waals surface area contributed by atoms with Crippen LogP contribution in [0.3, 0.4) is 0 Å². The Kier molecular flexibility index (Phi) is 6.61. The fourth-order valence-electron chi connectivity index (χ4n) is 4.86. The minimum atomic E-state index is -0.754. The number of hydrogen-bond acceptors (Lipinski definition) is 5. The molecule has 8 nitrogen and oxygen atoms in total. The number of rotatable bonds is 8. The normalized spacial score (nSPS) is 14.8. The van der Waals surface area contributed by atoms with Crippen LogP contribution in [-0.2, 0) is 22.7 Å². The Labute approximate surface area is 203 Å². The summed E-state index contributed by atoms with van der Waals surface area (Å²) >= 11 is 0. The SMILES string of the molecule is Cc1ccc([C@@H](C(=O)NCc2ccco2)N(C(=O)Cn2nnc3ccccc32)C2CCCC2)cc1. The Bertz CT molecular complexity index is 1290. The maximum Gasteiger partial charge on any atom is 0.247 e. The number of aromatic nitrogens is 3. The molecule has 180 valence electrons. The van der Waals surface area contributed by atoms with Crippen LogP contribution in [-0.4, -0.2) is 37.7 Å². The topological polar surface area (TPSA) is 93.3 Å². The van der Waals surface area contributed by atoms with E-state index < -0.39 is 6.04 Å². The largest absolute Gasteiger partial charge is 0.467 e. The highest BCUT2D eigenvalue weighted by molar-refractivity contribution is 5.89. The van der Waals surface area contributed by atoms with Gasteiger partial charge in [-0.1, -0.05) is 60.0 Å². The molecular formula is C27H29N5O3. The van der Waals surface area contributed by atoms with E-state index in [0.29, 0.717) is 5.76 Å². The van der Waals surface area contributed by atoms with Gasteiger partial charge in [-0.05, 0) is 49.6 Å². The number of furan rings is 1. The number of aryl methyl sites for hydroxylation is 1. The van der Waals surface area contributed by atoms with Crippen LogP contribution in [0.2, 0.25) is 0 Å². The number of carbonyl (C=O) groups is 2. The molecule has 2 aromatic carbocycles. The number of benzene rings is 2. The van der Waals surface area contributed by atoms with Gasteiger partial charge in [-0.3, -0.25) is 9.59 Å². The predicted octanol–water partition coefficient (Wildman–Crippen LogP) is 4.16. The molecule has 0 aliphatic heterocycles. The van der Waals surface area contributed by atoms with Crippen molar-refractivity contribution in [1.29, 1.82) is 0 Å². The summed E-state index contributed by atoms with van der Waals surface area (Å²) in [5.41, 5.74) is 3.41. The number of para-hydroxylation sites is 1. The van der Waals surface area contributed by atoms with Crippen LogP contribution < -0.4 is 5.32 Å². The van der Waals surface area contributed by atoms with Crippen molar-refractivity contribution >= 4 is 22.8 Å². The van der Waals surface area contributed by atoms with Gasteiger partial charge in [0.1, 0.15) is 23.9 Å². The smallest absolute Gasteiger partial charge is 0.247 e. The average molecular weight is 472 g/mol. The Morgan fingerprint density at radius 1 is 1.09 bits per heavy atom. The number of fused-ring (bicyclic) bond motifs is 1. The highest BCUT2D eigenvalue weighted by Gasteiger charge is 2.37. The molecule has 0 spiro atoms. The van der Waals surface area contributed by atoms with Crippen LogP contribution in [0.5, 0.6) is 0 Å². The summed E-state index contributed by atoms with van der Waals surface area (Å²) in [6.07, 6.45) is 5.40. The van der Waals surface area contributed by atoms with E-state index in [-0.39, 0.29) is 30.9 Å². The summed E-state index contributed by atoms with van der Waals surface area (Å²) in [4.78, 5) is 29.3. The summed E-state index contributed by atoms with van der Waals surface area (Å²) in [7, 11) is 0. The third kappa shape index (κ3) is 4.96. The van der Waals surface area contributed by atoms with Gasteiger partial charge >= 0.3 is 0 Å². The predicted molar refractivity (Wildman–Crippen MR) is 131 cm³/mol. The summed E-state index contributed by atoms with van der Waals surface area (Å²) in [6, 6.07) is 18.2. The van der Waals surface area contributed by atoms with Gasteiger partial charge in [0, 0.05) is 6.04 Å². The standard InChI is InChI=1S/C27H29N5O3/c1-19-12-14-20(15-13-19)26(27(34)28-17-22-9-6-16-35-22)32(21-7-2-3-8-21)25(33)18-31-24-11-5-4-10-23(24)29-30-31/h4-6,9-16,21,26H,2-3,7-8,17-18H2,1H3,(H,28,34)/t26-/m0/s1. The second kappa shape index (κ2) is 10.1. The summed E-state index contributed by atoms with van der Waals surface area (Å²) in [5.74, 6) is 0.286. The molecule has 5 rings (SSSR count). The maximum atomic E-state index is 13.9. The Morgan fingerprint density at radius 2 is 1.86 bits per heavy atom. The van der Waals surface area contributed by atoms with Gasteiger partial charge in [-0.2, -0.15) is 0 Å². The lowest BCUT2D eigenvalue weighted by molar-refractivity contribution is -0.144. The Balaban J connectivity index is 1.48. The van der Waals surface area contributed by atoms with E-state index in [1.165, 1.54) is 0 Å². The lowest BCUT2D eigenvalue weighted by Gasteiger charge is -2.36. The molecule has 1 N–H and O–H groups in total. The second-order valence-corrected chi connectivity index (χ2v) is 9.09. The second-order valence-electron chi connectivity index (χ2n) is 9.09. The highest BCUT2D eigenvalue weighted by Crippen LogP contribution is 2.32. The molecule has 1 aliphatic rings. The third-order valence-electron chi connectivity index (χ3n) is 6.65. The van der Waals surface area contributed by atoms with Crippen LogP contribution in [0.25, 0.3) is 11.0 Å². The van der Waals surface area contributed by atoms with E-state index in [1.54, 1.807) is 21.9 Å². The molecule has 8 heteroatoms. The molecule has 2 aromatic heterocycles. The third-order valence-corrected chi connectivity index (χ3v) is 6.65. The van der Waals surface area contributed by atoms with Gasteiger partial charge in [0.15, 0.2) is 0 Å². The first-order valence-electron chi connectivity index (χ1n) is 12.1. The van der Waals surface area contributed by atoms with E-state index in [2.05, 4.69) is 15.6 Å². The first-order chi connectivity index (χ1) is 17.1. The van der Waals surface area contributed by atoms with Crippen molar-refractivity contribution in [2.24, 2.45) is 0 Å². The fraction of sp³-hybridized carbons (Fsp3) is 0.333. The van der Waals surface area contributed by atoms with Gasteiger partial charge in [0.05, 0.1) is 18.3 Å². The molecule has 2 amide bonds. The number of nitrogens with one attached hydrogen (secondary N) is 1. The van der Waals surface area contributed by atoms with Crippen molar-refractivity contribution in [2.75, 3.05) is 0 Å². The van der Waals surface area contributed by atoms with Crippen LogP contribution >= 0.6 is 0 Å². The molecular weight excluding hydrogens is 442 g/mol. The van der Waals surface area contributed by atoms with E-state index >= 15 is 0 Å². The average Bonchev–Trinajstić information content (AvgIpc) is 3.65. The molecule has 1 saturated carbocycles. The molecule has 35 heavy (non-hydrogen) atoms. The molecule has 0 bridgehead atoms. The van der Waals surface area contributed by atoms with Crippen molar-refractivity contribution in [3.8, 4) is 0 Å². The molecule has 2 heterocycles. The zero-order valence-electron chi connectivity index (χ0n) is 19.8. The number of amides is 2. The van der Waals surface area contributed by atoms with Gasteiger partial charge in [-0.25, -0.2) is 4.68 Å². The first-order valence-corrected chi connectivity index (χ1v) is 12.1. The first kappa shape index (κ1) is 22.8. The molecule has 4 aromatic rings. The summed E-state index contributed by atoms with van der Waals surface area (Å²) in [6.45, 7) is 2.28. The lowest BCUT2D eigenvalue weighted by Crippen LogP contribution is -2.49. The van der Waals surface area contributed by atoms with Crippen molar-refractivity contribution in [3.05, 3.63) is 83.8 Å². The number of carbonyl (C=O) groups excluding carboxylic acids is 2. The zero-order chi connectivity index (χ0) is 24.2. The number of nitrogens with zero attached hydrogens (tertiary/aromatic N) is 4. The van der Waals surface area contributed by atoms with Crippen LogP contribution in [0.4, 0.5) is 0 Å². The monoisotopic (exact) mass is 471 g/mol. The van der Waals surface area contributed by atoms with Gasteiger partial charge in [0.25, 0.3) is 0 Å². The van der Waals surface area contributed by atoms with Crippen molar-refractivity contribution < 1.29 is 14.0 Å². The number of hydrogen-bond donors (Lipinski definition) is 1. The van der Waals surface area contributed by atoms with E-state index in [9.17, 15) is 9.59 Å². The molecule has 0 saturated heterocycles. The van der Waals surface area contributed by atoms with Crippen LogP contribution in [0.1, 0.15) is 48.6 Å². The van der Waals surface area contributed by atoms with Crippen molar-refractivity contribution in [2.45, 2.75) is 57.8 Å². The molecule has 0 radical (unpaired) electrons. The minimum Gasteiger partial charge on any atom is -0.467 e. The summed E-state index contributed by atoms with van der Waals surface area (Å²) < 4.78 is 7.01. The van der Waals surface area contributed by atoms with Gasteiger partial charge in [-0.15, -0.1) is 5.10 Å². The van der Waals surface area contributed by atoms with Crippen LogP contribution in [0.15, 0.2) is 71.3 Å². The molecule has 1 fully saturated rings. The van der Waals surface area contributed by atoms with Gasteiger partial charge < -0.3 is 14.6 Å².